The lowest BCUT2D eigenvalue weighted by molar-refractivity contribution is 0.00167. The molecule has 2 N–H and O–H groups in total. The average Bonchev–Trinajstić information content (AvgIpc) is 2.47. The van der Waals surface area contributed by atoms with Gasteiger partial charge >= 0.3 is 6.03 Å². The molecule has 0 radical (unpaired) electrons. The molecule has 0 unspecified atom stereocenters. The summed E-state index contributed by atoms with van der Waals surface area (Å²) in [7, 11) is -3.24. The Balaban J connectivity index is 1.84. The number of rotatable bonds is 4. The summed E-state index contributed by atoms with van der Waals surface area (Å²) < 4.78 is 29.9. The third-order valence-corrected chi connectivity index (χ3v) is 5.00. The number of nitrogens with zero attached hydrogens (tertiary/aromatic N) is 1. The number of hydrogen-bond donors (Lipinski definition) is 2. The number of halogens is 1. The second-order valence-electron chi connectivity index (χ2n) is 5.41. The van der Waals surface area contributed by atoms with Crippen molar-refractivity contribution < 1.29 is 17.9 Å². The third kappa shape index (κ3) is 5.35. The maximum Gasteiger partial charge on any atom is 0.319 e. The second-order valence-corrected chi connectivity index (χ2v) is 7.83. The number of urea groups is 1. The van der Waals surface area contributed by atoms with Gasteiger partial charge in [-0.05, 0) is 30.7 Å². The van der Waals surface area contributed by atoms with Gasteiger partial charge in [0.1, 0.15) is 0 Å². The number of ether oxygens (including phenoxy) is 1. The molecule has 0 saturated carbocycles. The Kier molecular flexibility index (Phi) is 5.85. The monoisotopic (exact) mass is 361 g/mol. The molecule has 1 aliphatic rings. The van der Waals surface area contributed by atoms with Crippen molar-refractivity contribution in [3.63, 3.8) is 0 Å². The van der Waals surface area contributed by atoms with E-state index in [1.807, 2.05) is 6.92 Å². The van der Waals surface area contributed by atoms with Crippen molar-refractivity contribution in [2.75, 3.05) is 37.8 Å². The molecule has 0 aliphatic carbocycles. The SMILES string of the molecule is Cc1cc(Cl)ccc1NC(=O)NC[C@@H]1CN(S(C)(=O)=O)CCO1. The first-order chi connectivity index (χ1) is 10.8. The normalized spacial score (nSPS) is 19.3. The lowest BCUT2D eigenvalue weighted by Crippen LogP contribution is -2.49. The fourth-order valence-corrected chi connectivity index (χ4v) is 3.33. The van der Waals surface area contributed by atoms with Crippen molar-refractivity contribution in [2.24, 2.45) is 0 Å². The quantitative estimate of drug-likeness (QED) is 0.849. The first-order valence-electron chi connectivity index (χ1n) is 7.13. The fourth-order valence-electron chi connectivity index (χ4n) is 2.26. The molecule has 1 aromatic carbocycles. The van der Waals surface area contributed by atoms with Crippen molar-refractivity contribution in [2.45, 2.75) is 13.0 Å². The highest BCUT2D eigenvalue weighted by Crippen LogP contribution is 2.19. The predicted molar refractivity (Wildman–Crippen MR) is 89.4 cm³/mol. The van der Waals surface area contributed by atoms with E-state index in [4.69, 9.17) is 16.3 Å². The smallest absolute Gasteiger partial charge is 0.319 e. The Morgan fingerprint density at radius 1 is 1.48 bits per heavy atom. The van der Waals surface area contributed by atoms with Gasteiger partial charge in [-0.2, -0.15) is 4.31 Å². The van der Waals surface area contributed by atoms with Crippen LogP contribution in [-0.2, 0) is 14.8 Å². The molecule has 2 rings (SSSR count). The van der Waals surface area contributed by atoms with Gasteiger partial charge in [0, 0.05) is 30.3 Å². The van der Waals surface area contributed by atoms with Gasteiger partial charge < -0.3 is 15.4 Å². The molecule has 1 saturated heterocycles. The van der Waals surface area contributed by atoms with Crippen molar-refractivity contribution in [3.05, 3.63) is 28.8 Å². The lowest BCUT2D eigenvalue weighted by atomic mass is 10.2. The van der Waals surface area contributed by atoms with Gasteiger partial charge in [-0.1, -0.05) is 11.6 Å². The van der Waals surface area contributed by atoms with E-state index in [1.54, 1.807) is 18.2 Å². The van der Waals surface area contributed by atoms with Gasteiger partial charge in [-0.3, -0.25) is 0 Å². The number of sulfonamides is 1. The van der Waals surface area contributed by atoms with Crippen molar-refractivity contribution >= 4 is 33.3 Å². The number of nitrogens with one attached hydrogen (secondary N) is 2. The van der Waals surface area contributed by atoms with Gasteiger partial charge in [0.05, 0.1) is 19.0 Å². The molecule has 7 nitrogen and oxygen atoms in total. The van der Waals surface area contributed by atoms with E-state index in [1.165, 1.54) is 10.6 Å². The summed E-state index contributed by atoms with van der Waals surface area (Å²) >= 11 is 5.87. The molecule has 9 heteroatoms. The van der Waals surface area contributed by atoms with E-state index < -0.39 is 10.0 Å². The van der Waals surface area contributed by atoms with Crippen LogP contribution in [-0.4, -0.2) is 57.4 Å². The Labute approximate surface area is 141 Å². The molecule has 0 spiro atoms. The molecule has 1 atom stereocenters. The molecule has 1 aromatic rings. The van der Waals surface area contributed by atoms with Crippen LogP contribution in [0.1, 0.15) is 5.56 Å². The molecule has 0 bridgehead atoms. The summed E-state index contributed by atoms with van der Waals surface area (Å²) in [5.41, 5.74) is 1.51. The van der Waals surface area contributed by atoms with E-state index in [-0.39, 0.29) is 25.2 Å². The maximum absolute atomic E-state index is 11.9. The number of carbonyl (C=O) groups is 1. The number of aryl methyl sites for hydroxylation is 1. The zero-order valence-corrected chi connectivity index (χ0v) is 14.6. The molecule has 0 aromatic heterocycles. The molecule has 2 amide bonds. The van der Waals surface area contributed by atoms with E-state index in [0.717, 1.165) is 5.56 Å². The van der Waals surface area contributed by atoms with Crippen molar-refractivity contribution in [1.82, 2.24) is 9.62 Å². The van der Waals surface area contributed by atoms with Gasteiger partial charge in [-0.25, -0.2) is 13.2 Å². The number of morpholine rings is 1. The molecular formula is C14H20ClN3O4S. The first-order valence-corrected chi connectivity index (χ1v) is 9.36. The van der Waals surface area contributed by atoms with Crippen LogP contribution in [0.5, 0.6) is 0 Å². The van der Waals surface area contributed by atoms with Crippen LogP contribution < -0.4 is 10.6 Å². The van der Waals surface area contributed by atoms with Gasteiger partial charge in [0.2, 0.25) is 10.0 Å². The minimum absolute atomic E-state index is 0.227. The summed E-state index contributed by atoms with van der Waals surface area (Å²) in [4.78, 5) is 11.9. The van der Waals surface area contributed by atoms with Crippen LogP contribution in [0.2, 0.25) is 5.02 Å². The number of anilines is 1. The number of hydrogen-bond acceptors (Lipinski definition) is 4. The minimum Gasteiger partial charge on any atom is -0.374 e. The molecule has 128 valence electrons. The largest absolute Gasteiger partial charge is 0.374 e. The van der Waals surface area contributed by atoms with E-state index >= 15 is 0 Å². The topological polar surface area (TPSA) is 87.7 Å². The Bertz CT molecular complexity index is 681. The first kappa shape index (κ1) is 18.0. The highest BCUT2D eigenvalue weighted by molar-refractivity contribution is 7.88. The van der Waals surface area contributed by atoms with Crippen LogP contribution in [0, 0.1) is 6.92 Å². The van der Waals surface area contributed by atoms with E-state index in [0.29, 0.717) is 23.9 Å². The molecule has 23 heavy (non-hydrogen) atoms. The van der Waals surface area contributed by atoms with E-state index in [2.05, 4.69) is 10.6 Å². The molecule has 1 aliphatic heterocycles. The zero-order chi connectivity index (χ0) is 17.0. The van der Waals surface area contributed by atoms with Crippen molar-refractivity contribution in [1.29, 1.82) is 0 Å². The van der Waals surface area contributed by atoms with Crippen molar-refractivity contribution in [3.8, 4) is 0 Å². The van der Waals surface area contributed by atoms with E-state index in [9.17, 15) is 13.2 Å². The van der Waals surface area contributed by atoms with Crippen LogP contribution in [0.25, 0.3) is 0 Å². The number of amides is 2. The standard InChI is InChI=1S/C14H20ClN3O4S/c1-10-7-11(15)3-4-13(10)17-14(19)16-8-12-9-18(5-6-22-12)23(2,20)21/h3-4,7,12H,5-6,8-9H2,1-2H3,(H2,16,17,19)/t12-/m1/s1. The van der Waals surface area contributed by atoms with Gasteiger partial charge in [-0.15, -0.1) is 0 Å². The summed E-state index contributed by atoms with van der Waals surface area (Å²) in [6, 6.07) is 4.79. The summed E-state index contributed by atoms with van der Waals surface area (Å²) in [6.07, 6.45) is 0.800. The van der Waals surface area contributed by atoms with Crippen LogP contribution in [0.3, 0.4) is 0 Å². The van der Waals surface area contributed by atoms with Crippen LogP contribution in [0.4, 0.5) is 10.5 Å². The average molecular weight is 362 g/mol. The Morgan fingerprint density at radius 2 is 2.22 bits per heavy atom. The highest BCUT2D eigenvalue weighted by atomic mass is 35.5. The summed E-state index contributed by atoms with van der Waals surface area (Å²) in [6.45, 7) is 2.96. The maximum atomic E-state index is 11.9. The van der Waals surface area contributed by atoms with Gasteiger partial charge in [0.15, 0.2) is 0 Å². The molecular weight excluding hydrogens is 342 g/mol. The van der Waals surface area contributed by atoms with Crippen LogP contribution in [0.15, 0.2) is 18.2 Å². The second kappa shape index (κ2) is 7.48. The fraction of sp³-hybridized carbons (Fsp3) is 0.500. The Morgan fingerprint density at radius 3 is 2.87 bits per heavy atom. The number of benzene rings is 1. The zero-order valence-electron chi connectivity index (χ0n) is 13.0. The Hall–Kier alpha value is -1.35. The lowest BCUT2D eigenvalue weighted by Gasteiger charge is -2.31. The summed E-state index contributed by atoms with van der Waals surface area (Å²) in [5.74, 6) is 0. The van der Waals surface area contributed by atoms with Crippen LogP contribution >= 0.6 is 11.6 Å². The number of carbonyl (C=O) groups excluding carboxylic acids is 1. The van der Waals surface area contributed by atoms with Gasteiger partial charge in [0.25, 0.3) is 0 Å². The summed E-state index contributed by atoms with van der Waals surface area (Å²) in [5, 5.41) is 6.01. The molecule has 1 heterocycles. The third-order valence-electron chi connectivity index (χ3n) is 3.50. The minimum atomic E-state index is -3.24. The predicted octanol–water partition coefficient (Wildman–Crippen LogP) is 1.43. The molecule has 1 fully saturated rings. The highest BCUT2D eigenvalue weighted by Gasteiger charge is 2.26.